The second-order valence-corrected chi connectivity index (χ2v) is 27.6. The lowest BCUT2D eigenvalue weighted by molar-refractivity contribution is -0.140. The third kappa shape index (κ3) is 73.9. The Morgan fingerprint density at radius 1 is 0.306 bits per heavy atom. The summed E-state index contributed by atoms with van der Waals surface area (Å²) in [7, 11) is 0. The first-order valence-electron chi connectivity index (χ1n) is 44.5. The molecule has 4 aromatic rings. The van der Waals surface area contributed by atoms with E-state index in [0.717, 1.165) is 22.5 Å². The number of hydrogen-bond acceptors (Lipinski definition) is 38. The maximum absolute atomic E-state index is 13.0. The fourth-order valence-corrected chi connectivity index (χ4v) is 10.5. The van der Waals surface area contributed by atoms with E-state index in [-0.39, 0.29) is 103 Å². The number of carboxylic acid groups (broad SMARTS) is 2. The van der Waals surface area contributed by atoms with E-state index in [1.165, 1.54) is 0 Å². The lowest BCUT2D eigenvalue weighted by Crippen LogP contribution is -2.43. The van der Waals surface area contributed by atoms with Gasteiger partial charge in [0.15, 0.2) is 12.1 Å². The molecule has 46 heteroatoms. The molecule has 0 spiro atoms. The number of aliphatic carboxylic acids is 2. The molecule has 134 heavy (non-hydrogen) atoms. The molecule has 0 unspecified atom stereocenters. The topological polar surface area (TPSA) is 574 Å². The van der Waals surface area contributed by atoms with E-state index in [1.807, 2.05) is 24.3 Å². The van der Waals surface area contributed by atoms with E-state index in [2.05, 4.69) is 65.6 Å². The van der Waals surface area contributed by atoms with Crippen molar-refractivity contribution >= 4 is 35.6 Å². The standard InChI is InChI=1S/C60H103N9O22.C28H35N5O10/c61-8-1-2-54-3-5-57(6-4-54)69-52-56(67-68-69)53-91-49-48-90-47-46-89-33-28-78-23-18-73-13-7-58(70)66-55(50-59(71)64-11-16-76-21-26-81-31-36-85-40-44-87-42-38-83-34-29-79-24-19-74-14-9-62)51-60(72)65-12-17-77-22-27-82-32-37-86-41-45-88-43-39-84-35-30-80-25-20-75-15-10-63;29-8-1-2-22-3-5-25(6-4-22)33-20-24(31-32-33)21-43-17-16-42-15-14-41-13-12-40-11-10-39-9-7-26(34)30-23(18-27(35)36)19-28(37)38/h3-6,52,55H,7,9-51,53,62-63H2,(H,64,71)(H,65,72)(H,66,70);3-6,20,23H,7,9-19,21H2,(H,30,34)(H,35,36)(H,37,38). The van der Waals surface area contributed by atoms with Crippen LogP contribution in [0.5, 0.6) is 0 Å². The van der Waals surface area contributed by atoms with Gasteiger partial charge in [0, 0.05) is 86.9 Å². The van der Waals surface area contributed by atoms with Crippen LogP contribution in [-0.2, 0) is 156 Å². The molecule has 0 aliphatic heterocycles. The molecule has 4 amide bonds. The van der Waals surface area contributed by atoms with Crippen molar-refractivity contribution in [1.29, 1.82) is 10.5 Å². The Hall–Kier alpha value is -9.40. The van der Waals surface area contributed by atoms with E-state index in [4.69, 9.17) is 146 Å². The summed E-state index contributed by atoms with van der Waals surface area (Å²) in [6.07, 6.45) is 2.30. The van der Waals surface area contributed by atoms with Crippen molar-refractivity contribution in [2.75, 3.05) is 330 Å². The number of carbonyl (C=O) groups is 6. The van der Waals surface area contributed by atoms with E-state index < -0.39 is 42.8 Å². The van der Waals surface area contributed by atoms with Crippen molar-refractivity contribution in [3.63, 3.8) is 0 Å². The summed E-state index contributed by atoms with van der Waals surface area (Å²) in [5.74, 6) is 6.21. The minimum atomic E-state index is -1.19. The van der Waals surface area contributed by atoms with Crippen LogP contribution in [0, 0.1) is 46.3 Å². The molecule has 0 atom stereocenters. The smallest absolute Gasteiger partial charge is 0.305 e. The number of nitriles is 2. The van der Waals surface area contributed by atoms with Crippen molar-refractivity contribution in [2.24, 2.45) is 11.5 Å². The average Bonchev–Trinajstić information content (AvgIpc) is 1.71. The van der Waals surface area contributed by atoms with Crippen LogP contribution in [0.2, 0.25) is 0 Å². The molecule has 4 rings (SSSR count). The number of hydrogen-bond donors (Lipinski definition) is 8. The number of ether oxygens (including phenoxy) is 24. The summed E-state index contributed by atoms with van der Waals surface area (Å²) < 4.78 is 135. The van der Waals surface area contributed by atoms with E-state index in [9.17, 15) is 28.8 Å². The second kappa shape index (κ2) is 88.9. The van der Waals surface area contributed by atoms with Gasteiger partial charge >= 0.3 is 11.9 Å². The highest BCUT2D eigenvalue weighted by Crippen LogP contribution is 2.12. The number of nitrogens with zero attached hydrogens (tertiary/aromatic N) is 8. The Bertz CT molecular complexity index is 3710. The predicted octanol–water partition coefficient (Wildman–Crippen LogP) is -0.688. The molecular weight excluding hydrogens is 1770 g/mol. The highest BCUT2D eigenvalue weighted by Gasteiger charge is 2.22. The highest BCUT2D eigenvalue weighted by atomic mass is 16.6. The number of aromatic nitrogens is 6. The highest BCUT2D eigenvalue weighted by molar-refractivity contribution is 5.83. The zero-order valence-electron chi connectivity index (χ0n) is 76.8. The summed E-state index contributed by atoms with van der Waals surface area (Å²) in [6, 6.07) is 16.4. The first-order chi connectivity index (χ1) is 65.8. The van der Waals surface area contributed by atoms with Crippen molar-refractivity contribution < 1.29 is 153 Å². The third-order valence-corrected chi connectivity index (χ3v) is 16.9. The molecule has 0 bridgehead atoms. The van der Waals surface area contributed by atoms with Gasteiger partial charge in [-0.05, 0) is 48.5 Å². The van der Waals surface area contributed by atoms with Gasteiger partial charge in [-0.1, -0.05) is 22.3 Å². The van der Waals surface area contributed by atoms with Crippen LogP contribution < -0.4 is 32.7 Å². The Morgan fingerprint density at radius 3 is 0.769 bits per heavy atom. The van der Waals surface area contributed by atoms with Gasteiger partial charge in [-0.2, -0.15) is 10.5 Å². The van der Waals surface area contributed by atoms with Crippen molar-refractivity contribution in [2.45, 2.75) is 63.8 Å². The summed E-state index contributed by atoms with van der Waals surface area (Å²) >= 11 is 0. The van der Waals surface area contributed by atoms with Gasteiger partial charge in [0.2, 0.25) is 23.6 Å². The Morgan fingerprint density at radius 2 is 0.530 bits per heavy atom. The fraction of sp³-hybridized carbons (Fsp3) is 0.682. The Kier molecular flexibility index (Phi) is 78.7. The second-order valence-electron chi connectivity index (χ2n) is 27.6. The Labute approximate surface area is 782 Å². The van der Waals surface area contributed by atoms with Gasteiger partial charge in [0.25, 0.3) is 0 Å². The van der Waals surface area contributed by atoms with Crippen molar-refractivity contribution in [1.82, 2.24) is 51.3 Å². The summed E-state index contributed by atoms with van der Waals surface area (Å²) in [6.45, 7) is 19.7. The zero-order valence-corrected chi connectivity index (χ0v) is 76.8. The van der Waals surface area contributed by atoms with E-state index in [1.54, 1.807) is 58.2 Å². The molecule has 752 valence electrons. The summed E-state index contributed by atoms with van der Waals surface area (Å²) in [5, 5.41) is 61.9. The van der Waals surface area contributed by atoms with Gasteiger partial charge < -0.3 is 157 Å². The molecular formula is C88H138N14O32. The number of rotatable bonds is 92. The molecule has 10 N–H and O–H groups in total. The number of benzene rings is 2. The van der Waals surface area contributed by atoms with Crippen LogP contribution in [-0.4, -0.2) is 418 Å². The van der Waals surface area contributed by atoms with Gasteiger partial charge in [-0.3, -0.25) is 28.8 Å². The molecule has 0 fully saturated rings. The monoisotopic (exact) mass is 1900 g/mol. The number of nitrogens with two attached hydrogens (primary N) is 2. The molecule has 0 aliphatic carbocycles. The Balaban J connectivity index is 0.000000892. The van der Waals surface area contributed by atoms with Gasteiger partial charge in [0.1, 0.15) is 11.4 Å². The average molecular weight is 1900 g/mol. The molecule has 2 aromatic carbocycles. The van der Waals surface area contributed by atoms with Gasteiger partial charge in [-0.25, -0.2) is 9.36 Å². The normalized spacial score (nSPS) is 11.1. The first-order valence-corrected chi connectivity index (χ1v) is 44.5. The molecule has 2 aromatic heterocycles. The van der Waals surface area contributed by atoms with Crippen molar-refractivity contribution in [3.8, 4) is 47.2 Å². The lowest BCUT2D eigenvalue weighted by atomic mass is 10.1. The molecule has 2 heterocycles. The molecule has 0 saturated carbocycles. The minimum Gasteiger partial charge on any atom is -0.481 e. The molecule has 0 radical (unpaired) electrons. The predicted molar refractivity (Wildman–Crippen MR) is 476 cm³/mol. The largest absolute Gasteiger partial charge is 0.481 e. The maximum Gasteiger partial charge on any atom is 0.305 e. The van der Waals surface area contributed by atoms with Crippen LogP contribution in [0.1, 0.15) is 61.0 Å². The van der Waals surface area contributed by atoms with Crippen LogP contribution in [0.25, 0.3) is 11.4 Å². The number of nitrogens with one attached hydrogen (secondary N) is 4. The van der Waals surface area contributed by atoms with Crippen LogP contribution in [0.15, 0.2) is 60.9 Å². The first kappa shape index (κ1) is 119. The van der Waals surface area contributed by atoms with Crippen molar-refractivity contribution in [3.05, 3.63) is 83.4 Å². The summed E-state index contributed by atoms with van der Waals surface area (Å²) in [5.41, 5.74) is 15.2. The van der Waals surface area contributed by atoms with E-state index >= 15 is 0 Å². The number of amides is 4. The molecule has 0 saturated heterocycles. The third-order valence-electron chi connectivity index (χ3n) is 16.9. The number of carboxylic acids is 2. The van der Waals surface area contributed by atoms with Crippen LogP contribution in [0.4, 0.5) is 0 Å². The molecule has 0 aliphatic rings. The minimum absolute atomic E-state index is 0.00303. The van der Waals surface area contributed by atoms with Crippen LogP contribution in [0.3, 0.4) is 0 Å². The van der Waals surface area contributed by atoms with Gasteiger partial charge in [-0.15, -0.1) is 10.2 Å². The van der Waals surface area contributed by atoms with Gasteiger partial charge in [0.05, 0.1) is 354 Å². The quantitative estimate of drug-likeness (QED) is 0.0200. The van der Waals surface area contributed by atoms with E-state index in [0.29, 0.717) is 295 Å². The number of carbonyl (C=O) groups excluding carboxylic acids is 4. The maximum atomic E-state index is 13.0. The van der Waals surface area contributed by atoms with Crippen LogP contribution >= 0.6 is 0 Å². The summed E-state index contributed by atoms with van der Waals surface area (Å²) in [4.78, 5) is 72.3. The SMILES string of the molecule is N#CC#Cc1ccc(-n2cc(COCCOCCOCCOCCOCCC(=O)NC(CC(=O)NCCOCCOCCOCCOCCOCCOCCOCCN)CC(=O)NCCOCCOCCOCCOCCOCCOCCOCCN)nn2)cc1.N#CC#Cc1ccc(-n2cc(COCCOCCOCCOCCOCCC(=O)NC(CC(=O)O)CC(=O)O)nn2)cc1. The lowest BCUT2D eigenvalue weighted by Gasteiger charge is -2.18. The zero-order chi connectivity index (χ0) is 96.2. The fourth-order valence-electron chi connectivity index (χ4n) is 10.5. The molecule has 46 nitrogen and oxygen atoms in total.